The molecule has 1 heterocycles. The van der Waals surface area contributed by atoms with E-state index in [4.69, 9.17) is 9.31 Å². The summed E-state index contributed by atoms with van der Waals surface area (Å²) in [5, 5.41) is 0. The molecule has 1 fully saturated rings. The molecule has 1 saturated heterocycles. The van der Waals surface area contributed by atoms with Crippen molar-refractivity contribution in [2.45, 2.75) is 6.42 Å². The summed E-state index contributed by atoms with van der Waals surface area (Å²) in [6.45, 7) is 1.44. The molecule has 72 valence electrons. The van der Waals surface area contributed by atoms with Gasteiger partial charge in [-0.2, -0.15) is 0 Å². The molecule has 0 aromatic heterocycles. The normalized spacial score (nSPS) is 16.7. The van der Waals surface area contributed by atoms with Gasteiger partial charge in [0.15, 0.2) is 0 Å². The molecular weight excluding hydrogens is 179 g/mol. The van der Waals surface area contributed by atoms with E-state index in [-0.39, 0.29) is 7.12 Å². The first-order valence-electron chi connectivity index (χ1n) is 4.68. The number of aldehydes is 1. The highest BCUT2D eigenvalue weighted by Gasteiger charge is 2.24. The Hall–Kier alpha value is -1.13. The van der Waals surface area contributed by atoms with Crippen LogP contribution in [-0.2, 0) is 9.31 Å². The van der Waals surface area contributed by atoms with Crippen molar-refractivity contribution in [1.82, 2.24) is 0 Å². The summed E-state index contributed by atoms with van der Waals surface area (Å²) in [5.41, 5.74) is 1.56. The third kappa shape index (κ3) is 2.03. The van der Waals surface area contributed by atoms with Crippen molar-refractivity contribution in [2.75, 3.05) is 13.2 Å². The molecule has 1 aliphatic heterocycles. The summed E-state index contributed by atoms with van der Waals surface area (Å²) in [4.78, 5) is 10.6. The van der Waals surface area contributed by atoms with Crippen molar-refractivity contribution in [3.8, 4) is 0 Å². The summed E-state index contributed by atoms with van der Waals surface area (Å²) in [7, 11) is -0.302. The Morgan fingerprint density at radius 1 is 1.29 bits per heavy atom. The second kappa shape index (κ2) is 4.40. The molecule has 1 aromatic rings. The molecule has 3 nitrogen and oxygen atoms in total. The zero-order valence-electron chi connectivity index (χ0n) is 7.81. The molecule has 1 aromatic carbocycles. The summed E-state index contributed by atoms with van der Waals surface area (Å²) in [5.74, 6) is 0. The van der Waals surface area contributed by atoms with Crippen molar-refractivity contribution in [3.63, 3.8) is 0 Å². The van der Waals surface area contributed by atoms with E-state index in [0.29, 0.717) is 5.56 Å². The molecule has 0 unspecified atom stereocenters. The van der Waals surface area contributed by atoms with Crippen LogP contribution in [0.3, 0.4) is 0 Å². The monoisotopic (exact) mass is 190 g/mol. The number of carbonyl (C=O) groups excluding carboxylic acids is 1. The SMILES string of the molecule is O=Cc1cccc(B2OCCCO2)c1. The third-order valence-corrected chi connectivity index (χ3v) is 2.15. The van der Waals surface area contributed by atoms with E-state index in [1.54, 1.807) is 12.1 Å². The number of rotatable bonds is 2. The molecule has 1 aliphatic rings. The van der Waals surface area contributed by atoms with E-state index in [0.717, 1.165) is 31.4 Å². The molecule has 0 spiro atoms. The maximum Gasteiger partial charge on any atom is 0.493 e. The number of benzene rings is 1. The lowest BCUT2D eigenvalue weighted by molar-refractivity contribution is 0.112. The molecule has 0 atom stereocenters. The molecule has 0 radical (unpaired) electrons. The average molecular weight is 190 g/mol. The quantitative estimate of drug-likeness (QED) is 0.506. The third-order valence-electron chi connectivity index (χ3n) is 2.15. The first-order valence-corrected chi connectivity index (χ1v) is 4.68. The van der Waals surface area contributed by atoms with Gasteiger partial charge in [0.25, 0.3) is 0 Å². The van der Waals surface area contributed by atoms with Crippen LogP contribution in [0.5, 0.6) is 0 Å². The minimum absolute atomic E-state index is 0.302. The largest absolute Gasteiger partial charge is 0.493 e. The van der Waals surface area contributed by atoms with Crippen molar-refractivity contribution in [1.29, 1.82) is 0 Å². The van der Waals surface area contributed by atoms with Crippen LogP contribution in [0, 0.1) is 0 Å². The first-order chi connectivity index (χ1) is 6.90. The second-order valence-corrected chi connectivity index (χ2v) is 3.22. The highest BCUT2D eigenvalue weighted by atomic mass is 16.6. The number of hydrogen-bond donors (Lipinski definition) is 0. The molecule has 14 heavy (non-hydrogen) atoms. The molecule has 0 amide bonds. The van der Waals surface area contributed by atoms with Crippen molar-refractivity contribution < 1.29 is 14.1 Å². The number of hydrogen-bond acceptors (Lipinski definition) is 3. The summed E-state index contributed by atoms with van der Waals surface area (Å²) in [6.07, 6.45) is 1.76. The maximum absolute atomic E-state index is 10.6. The second-order valence-electron chi connectivity index (χ2n) is 3.22. The van der Waals surface area contributed by atoms with Crippen LogP contribution in [0.1, 0.15) is 16.8 Å². The highest BCUT2D eigenvalue weighted by molar-refractivity contribution is 6.61. The minimum atomic E-state index is -0.302. The lowest BCUT2D eigenvalue weighted by Gasteiger charge is -2.19. The lowest BCUT2D eigenvalue weighted by atomic mass is 9.77. The van der Waals surface area contributed by atoms with Gasteiger partial charge in [0, 0.05) is 18.8 Å². The van der Waals surface area contributed by atoms with Crippen LogP contribution in [0.2, 0.25) is 0 Å². The minimum Gasteiger partial charge on any atom is -0.407 e. The van der Waals surface area contributed by atoms with Gasteiger partial charge in [0.1, 0.15) is 6.29 Å². The Kier molecular flexibility index (Phi) is 2.96. The van der Waals surface area contributed by atoms with E-state index in [1.807, 2.05) is 12.1 Å². The zero-order chi connectivity index (χ0) is 9.80. The van der Waals surface area contributed by atoms with Gasteiger partial charge in [0.05, 0.1) is 0 Å². The van der Waals surface area contributed by atoms with E-state index in [9.17, 15) is 4.79 Å². The van der Waals surface area contributed by atoms with Crippen LogP contribution in [-0.4, -0.2) is 26.6 Å². The van der Waals surface area contributed by atoms with E-state index >= 15 is 0 Å². The molecule has 0 bridgehead atoms. The summed E-state index contributed by atoms with van der Waals surface area (Å²) in [6, 6.07) is 7.30. The zero-order valence-corrected chi connectivity index (χ0v) is 7.81. The van der Waals surface area contributed by atoms with Crippen molar-refractivity contribution >= 4 is 18.9 Å². The summed E-state index contributed by atoms with van der Waals surface area (Å²) < 4.78 is 10.9. The van der Waals surface area contributed by atoms with Crippen molar-refractivity contribution in [3.05, 3.63) is 29.8 Å². The lowest BCUT2D eigenvalue weighted by Crippen LogP contribution is -2.40. The van der Waals surface area contributed by atoms with Gasteiger partial charge in [0.2, 0.25) is 0 Å². The van der Waals surface area contributed by atoms with Gasteiger partial charge in [-0.25, -0.2) is 0 Å². The van der Waals surface area contributed by atoms with Crippen molar-refractivity contribution in [2.24, 2.45) is 0 Å². The highest BCUT2D eigenvalue weighted by Crippen LogP contribution is 2.03. The van der Waals surface area contributed by atoms with Gasteiger partial charge >= 0.3 is 7.12 Å². The van der Waals surface area contributed by atoms with Gasteiger partial charge in [-0.3, -0.25) is 4.79 Å². The van der Waals surface area contributed by atoms with E-state index in [2.05, 4.69) is 0 Å². The molecule has 0 saturated carbocycles. The standard InChI is InChI=1S/C10H11BO3/c12-8-9-3-1-4-10(7-9)11-13-5-2-6-14-11/h1,3-4,7-8H,2,5-6H2. The Morgan fingerprint density at radius 2 is 2.07 bits per heavy atom. The fourth-order valence-electron chi connectivity index (χ4n) is 1.46. The molecule has 0 N–H and O–H groups in total. The fraction of sp³-hybridized carbons (Fsp3) is 0.300. The predicted octanol–water partition coefficient (Wildman–Crippen LogP) is 0.631. The van der Waals surface area contributed by atoms with E-state index in [1.165, 1.54) is 0 Å². The van der Waals surface area contributed by atoms with Gasteiger partial charge in [-0.05, 0) is 11.9 Å². The molecule has 2 rings (SSSR count). The van der Waals surface area contributed by atoms with Crippen LogP contribution >= 0.6 is 0 Å². The fourth-order valence-corrected chi connectivity index (χ4v) is 1.46. The Labute approximate surface area is 83.2 Å². The van der Waals surface area contributed by atoms with Gasteiger partial charge in [-0.15, -0.1) is 0 Å². The van der Waals surface area contributed by atoms with Crippen LogP contribution < -0.4 is 5.46 Å². The molecule has 4 heteroatoms. The Bertz CT molecular complexity index is 321. The van der Waals surface area contributed by atoms with Gasteiger partial charge in [-0.1, -0.05) is 24.3 Å². The van der Waals surface area contributed by atoms with Crippen LogP contribution in [0.25, 0.3) is 0 Å². The summed E-state index contributed by atoms with van der Waals surface area (Å²) >= 11 is 0. The smallest absolute Gasteiger partial charge is 0.407 e. The van der Waals surface area contributed by atoms with Crippen LogP contribution in [0.4, 0.5) is 0 Å². The average Bonchev–Trinajstić information content (AvgIpc) is 2.30. The predicted molar refractivity (Wildman–Crippen MR) is 53.7 cm³/mol. The maximum atomic E-state index is 10.6. The number of carbonyl (C=O) groups is 1. The topological polar surface area (TPSA) is 35.5 Å². The Balaban J connectivity index is 2.17. The Morgan fingerprint density at radius 3 is 2.79 bits per heavy atom. The van der Waals surface area contributed by atoms with E-state index < -0.39 is 0 Å². The molecule has 0 aliphatic carbocycles. The first kappa shape index (κ1) is 9.43. The van der Waals surface area contributed by atoms with Crippen LogP contribution in [0.15, 0.2) is 24.3 Å². The molecular formula is C10H11BO3. The van der Waals surface area contributed by atoms with Gasteiger partial charge < -0.3 is 9.31 Å².